The molecule has 2 aromatic heterocycles. The molecule has 1 atom stereocenters. The van der Waals surface area contributed by atoms with Crippen LogP contribution >= 0.6 is 23.2 Å². The zero-order valence-electron chi connectivity index (χ0n) is 21.1. The number of rotatable bonds is 5. The molecular weight excluding hydrogens is 530 g/mol. The van der Waals surface area contributed by atoms with Crippen molar-refractivity contribution in [2.24, 2.45) is 0 Å². The van der Waals surface area contributed by atoms with Crippen LogP contribution in [0.2, 0.25) is 10.0 Å². The second-order valence-electron chi connectivity index (χ2n) is 9.57. The number of amides is 1. The number of pyridine rings is 1. The van der Waals surface area contributed by atoms with E-state index in [1.165, 1.54) is 12.1 Å². The van der Waals surface area contributed by atoms with Gasteiger partial charge in [-0.15, -0.1) is 0 Å². The van der Waals surface area contributed by atoms with E-state index < -0.39 is 11.9 Å². The fourth-order valence-corrected chi connectivity index (χ4v) is 5.38. The molecule has 5 rings (SSSR count). The van der Waals surface area contributed by atoms with E-state index in [2.05, 4.69) is 16.0 Å². The van der Waals surface area contributed by atoms with Crippen LogP contribution in [0.4, 0.5) is 15.0 Å². The smallest absolute Gasteiger partial charge is 0.410 e. The van der Waals surface area contributed by atoms with Gasteiger partial charge in [-0.2, -0.15) is 0 Å². The molecule has 4 aromatic rings. The summed E-state index contributed by atoms with van der Waals surface area (Å²) in [6.45, 7) is 6.45. The molecule has 1 aliphatic heterocycles. The lowest BCUT2D eigenvalue weighted by molar-refractivity contribution is 0.0730. The Bertz CT molecular complexity index is 1540. The van der Waals surface area contributed by atoms with Crippen LogP contribution in [-0.4, -0.2) is 33.6 Å². The third kappa shape index (κ3) is 4.98. The first-order valence-corrected chi connectivity index (χ1v) is 13.0. The number of nitrogen functional groups attached to an aromatic ring is 1. The molecule has 7 nitrogen and oxygen atoms in total. The maximum Gasteiger partial charge on any atom is 0.410 e. The molecule has 0 unspecified atom stereocenters. The van der Waals surface area contributed by atoms with Gasteiger partial charge in [-0.3, -0.25) is 0 Å². The Morgan fingerprint density at radius 1 is 1.16 bits per heavy atom. The molecule has 38 heavy (non-hydrogen) atoms. The molecule has 0 radical (unpaired) electrons. The molecule has 198 valence electrons. The summed E-state index contributed by atoms with van der Waals surface area (Å²) in [7, 11) is 0. The van der Waals surface area contributed by atoms with Gasteiger partial charge in [0.05, 0.1) is 17.7 Å². The highest BCUT2D eigenvalue weighted by Gasteiger charge is 2.26. The minimum Gasteiger partial charge on any atom is -0.482 e. The summed E-state index contributed by atoms with van der Waals surface area (Å²) in [5, 5.41) is 1.22. The maximum atomic E-state index is 14.1. The first-order valence-electron chi connectivity index (χ1n) is 12.3. The van der Waals surface area contributed by atoms with Crippen LogP contribution in [0.25, 0.3) is 22.0 Å². The standard InChI is InChI=1S/C28H27Cl2FN4O3/c1-14(2)37-28(36)35-9-8-23-19(13-35)18-10-16(4-7-22(18)34-23)17-11-24(27(32)33-12-17)38-15(3)25-20(29)5-6-21(31)26(25)30/h4-7,10-12,14-15,34H,8-9,13H2,1-3H3,(H2,32,33)/t15-/m1/s1. The summed E-state index contributed by atoms with van der Waals surface area (Å²) in [6.07, 6.45) is 1.22. The fourth-order valence-electron chi connectivity index (χ4n) is 4.70. The van der Waals surface area contributed by atoms with E-state index in [0.717, 1.165) is 39.7 Å². The summed E-state index contributed by atoms with van der Waals surface area (Å²) < 4.78 is 25.5. The second kappa shape index (κ2) is 10.3. The molecule has 0 fully saturated rings. The number of carbonyl (C=O) groups is 1. The van der Waals surface area contributed by atoms with Gasteiger partial charge in [0.1, 0.15) is 11.9 Å². The minimum absolute atomic E-state index is 0.0957. The Hall–Kier alpha value is -3.49. The first-order chi connectivity index (χ1) is 18.1. The van der Waals surface area contributed by atoms with E-state index in [1.54, 1.807) is 24.1 Å². The zero-order chi connectivity index (χ0) is 27.1. The van der Waals surface area contributed by atoms with Crippen molar-refractivity contribution in [1.29, 1.82) is 0 Å². The molecule has 1 amide bonds. The average Bonchev–Trinajstić information content (AvgIpc) is 3.24. The Morgan fingerprint density at radius 3 is 2.71 bits per heavy atom. The molecule has 0 bridgehead atoms. The predicted molar refractivity (Wildman–Crippen MR) is 147 cm³/mol. The normalized spacial score (nSPS) is 14.0. The molecule has 3 N–H and O–H groups in total. The van der Waals surface area contributed by atoms with Crippen LogP contribution in [0, 0.1) is 5.82 Å². The Kier molecular flexibility index (Phi) is 7.11. The van der Waals surface area contributed by atoms with E-state index in [4.69, 9.17) is 38.4 Å². The number of hydrogen-bond donors (Lipinski definition) is 2. The lowest BCUT2D eigenvalue weighted by Gasteiger charge is -2.27. The van der Waals surface area contributed by atoms with Gasteiger partial charge < -0.3 is 25.1 Å². The van der Waals surface area contributed by atoms with Gasteiger partial charge in [0.2, 0.25) is 0 Å². The number of benzene rings is 2. The molecule has 0 saturated heterocycles. The third-order valence-electron chi connectivity index (χ3n) is 6.57. The Balaban J connectivity index is 1.45. The molecular formula is C28H27Cl2FN4O3. The SMILES string of the molecule is CC(C)OC(=O)N1CCc2[nH]c3ccc(-c4cnc(N)c(O[C@H](C)c5c(Cl)ccc(F)c5Cl)c4)cc3c2C1. The van der Waals surface area contributed by atoms with Gasteiger partial charge in [-0.1, -0.05) is 29.3 Å². The van der Waals surface area contributed by atoms with E-state index in [1.807, 2.05) is 26.0 Å². The predicted octanol–water partition coefficient (Wildman–Crippen LogP) is 7.30. The highest BCUT2D eigenvalue weighted by atomic mass is 35.5. The number of halogens is 3. The van der Waals surface area contributed by atoms with Gasteiger partial charge in [0.15, 0.2) is 11.6 Å². The van der Waals surface area contributed by atoms with Gasteiger partial charge in [-0.25, -0.2) is 14.2 Å². The highest BCUT2D eigenvalue weighted by molar-refractivity contribution is 6.36. The van der Waals surface area contributed by atoms with E-state index in [-0.39, 0.29) is 23.0 Å². The molecule has 1 aliphatic rings. The number of nitrogens with two attached hydrogens (primary N) is 1. The van der Waals surface area contributed by atoms with Crippen LogP contribution in [0.5, 0.6) is 5.75 Å². The topological polar surface area (TPSA) is 93.5 Å². The maximum absolute atomic E-state index is 14.1. The second-order valence-corrected chi connectivity index (χ2v) is 10.4. The summed E-state index contributed by atoms with van der Waals surface area (Å²) in [4.78, 5) is 22.0. The number of nitrogens with one attached hydrogen (secondary N) is 1. The lowest BCUT2D eigenvalue weighted by atomic mass is 10.0. The monoisotopic (exact) mass is 556 g/mol. The van der Waals surface area contributed by atoms with Crippen LogP contribution < -0.4 is 10.5 Å². The van der Waals surface area contributed by atoms with Gasteiger partial charge >= 0.3 is 6.09 Å². The van der Waals surface area contributed by atoms with Crippen molar-refractivity contribution in [3.63, 3.8) is 0 Å². The minimum atomic E-state index is -0.680. The van der Waals surface area contributed by atoms with Crippen LogP contribution in [0.15, 0.2) is 42.6 Å². The number of ether oxygens (including phenoxy) is 2. The molecule has 3 heterocycles. The largest absolute Gasteiger partial charge is 0.482 e. The first kappa shape index (κ1) is 26.1. The number of carbonyl (C=O) groups excluding carboxylic acids is 1. The average molecular weight is 557 g/mol. The van der Waals surface area contributed by atoms with Crippen LogP contribution in [0.1, 0.15) is 43.7 Å². The van der Waals surface area contributed by atoms with Gasteiger partial charge in [-0.05, 0) is 56.7 Å². The van der Waals surface area contributed by atoms with E-state index in [9.17, 15) is 9.18 Å². The lowest BCUT2D eigenvalue weighted by Crippen LogP contribution is -2.37. The summed E-state index contributed by atoms with van der Waals surface area (Å²) in [6, 6.07) is 10.5. The zero-order valence-corrected chi connectivity index (χ0v) is 22.7. The number of anilines is 1. The highest BCUT2D eigenvalue weighted by Crippen LogP contribution is 2.38. The third-order valence-corrected chi connectivity index (χ3v) is 7.29. The van der Waals surface area contributed by atoms with Crippen LogP contribution in [-0.2, 0) is 17.7 Å². The van der Waals surface area contributed by atoms with Crippen molar-refractivity contribution in [2.45, 2.75) is 45.9 Å². The number of aromatic amines is 1. The number of aromatic nitrogens is 2. The Labute approximate surface area is 229 Å². The summed E-state index contributed by atoms with van der Waals surface area (Å²) in [5.74, 6) is -0.0746. The summed E-state index contributed by atoms with van der Waals surface area (Å²) in [5.41, 5.74) is 11.3. The quantitative estimate of drug-likeness (QED) is 0.251. The molecule has 0 aliphatic carbocycles. The van der Waals surface area contributed by atoms with E-state index in [0.29, 0.717) is 29.4 Å². The number of nitrogens with zero attached hydrogens (tertiary/aromatic N) is 2. The van der Waals surface area contributed by atoms with Crippen molar-refractivity contribution in [3.8, 4) is 16.9 Å². The van der Waals surface area contributed by atoms with Crippen molar-refractivity contribution >= 4 is 46.0 Å². The molecule has 0 saturated carbocycles. The summed E-state index contributed by atoms with van der Waals surface area (Å²) >= 11 is 12.4. The van der Waals surface area contributed by atoms with Crippen LogP contribution in [0.3, 0.4) is 0 Å². The number of hydrogen-bond acceptors (Lipinski definition) is 5. The van der Waals surface area contributed by atoms with Gasteiger partial charge in [0.25, 0.3) is 0 Å². The van der Waals surface area contributed by atoms with E-state index >= 15 is 0 Å². The number of H-pyrrole nitrogens is 1. The Morgan fingerprint density at radius 2 is 1.95 bits per heavy atom. The molecule has 0 spiro atoms. The van der Waals surface area contributed by atoms with Crippen molar-refractivity contribution in [1.82, 2.24) is 14.9 Å². The fraction of sp³-hybridized carbons (Fsp3) is 0.286. The van der Waals surface area contributed by atoms with Crippen molar-refractivity contribution in [2.75, 3.05) is 12.3 Å². The molecule has 2 aromatic carbocycles. The van der Waals surface area contributed by atoms with Gasteiger partial charge in [0, 0.05) is 57.5 Å². The van der Waals surface area contributed by atoms with Crippen molar-refractivity contribution < 1.29 is 18.7 Å². The van der Waals surface area contributed by atoms with Crippen molar-refractivity contribution in [3.05, 3.63) is 75.3 Å². The molecule has 10 heteroatoms. The number of fused-ring (bicyclic) bond motifs is 3.